The number of amides is 1. The van der Waals surface area contributed by atoms with Crippen LogP contribution >= 0.6 is 23.1 Å². The number of para-hydroxylation sites is 1. The van der Waals surface area contributed by atoms with Gasteiger partial charge in [-0.15, -0.1) is 10.2 Å². The first-order valence-electron chi connectivity index (χ1n) is 6.68. The normalized spacial score (nSPS) is 10.4. The fraction of sp³-hybridized carbons (Fsp3) is 0.0667. The zero-order valence-corrected chi connectivity index (χ0v) is 13.5. The van der Waals surface area contributed by atoms with Crippen LogP contribution in [0.25, 0.3) is 11.4 Å². The minimum atomic E-state index is -0.168. The summed E-state index contributed by atoms with van der Waals surface area (Å²) >= 11 is 2.68. The molecule has 0 bridgehead atoms. The van der Waals surface area contributed by atoms with Gasteiger partial charge in [0.1, 0.15) is 0 Å². The summed E-state index contributed by atoms with van der Waals surface area (Å²) in [4.78, 5) is 23.3. The van der Waals surface area contributed by atoms with E-state index in [9.17, 15) is 9.59 Å². The Balaban J connectivity index is 1.67. The van der Waals surface area contributed by atoms with E-state index < -0.39 is 0 Å². The third kappa shape index (κ3) is 3.66. The summed E-state index contributed by atoms with van der Waals surface area (Å²) in [6, 6.07) is 11.1. The number of benzene rings is 1. The van der Waals surface area contributed by atoms with Crippen LogP contribution in [-0.4, -0.2) is 32.8 Å². The number of anilines is 1. The lowest BCUT2D eigenvalue weighted by molar-refractivity contribution is -0.113. The maximum Gasteiger partial charge on any atom is 0.234 e. The van der Waals surface area contributed by atoms with Gasteiger partial charge in [0.05, 0.1) is 5.75 Å². The first kappa shape index (κ1) is 15.4. The largest absolute Gasteiger partial charge is 0.325 e. The molecule has 1 aromatic carbocycles. The van der Waals surface area contributed by atoms with Gasteiger partial charge in [-0.05, 0) is 23.6 Å². The van der Waals surface area contributed by atoms with E-state index in [1.54, 1.807) is 0 Å². The Morgan fingerprint density at radius 3 is 2.78 bits per heavy atom. The highest BCUT2D eigenvalue weighted by molar-refractivity contribution is 7.99. The van der Waals surface area contributed by atoms with E-state index in [1.807, 2.05) is 47.2 Å². The Labute approximate surface area is 140 Å². The van der Waals surface area contributed by atoms with Crippen LogP contribution in [0.5, 0.6) is 0 Å². The molecule has 3 rings (SSSR count). The van der Waals surface area contributed by atoms with Crippen molar-refractivity contribution in [3.05, 3.63) is 47.2 Å². The quantitative estimate of drug-likeness (QED) is 0.550. The third-order valence-electron chi connectivity index (χ3n) is 2.94. The number of nitrogens with one attached hydrogen (secondary N) is 1. The molecule has 1 N–H and O–H groups in total. The fourth-order valence-corrected chi connectivity index (χ4v) is 3.24. The van der Waals surface area contributed by atoms with Crippen molar-refractivity contribution in [2.45, 2.75) is 5.16 Å². The Bertz CT molecular complexity index is 800. The van der Waals surface area contributed by atoms with Gasteiger partial charge in [-0.1, -0.05) is 30.0 Å². The van der Waals surface area contributed by atoms with E-state index in [2.05, 4.69) is 15.5 Å². The fourth-order valence-electron chi connectivity index (χ4n) is 1.91. The minimum Gasteiger partial charge on any atom is -0.325 e. The second-order valence-electron chi connectivity index (χ2n) is 4.50. The molecule has 0 fully saturated rings. The molecule has 0 unspecified atom stereocenters. The molecular weight excluding hydrogens is 332 g/mol. The standard InChI is InChI=1S/C15H12N4O2S2/c20-10-19-14(11-6-7-22-8-11)17-18-15(19)23-9-13(21)16-12-4-2-1-3-5-12/h1-8,10H,9H2,(H,16,21). The summed E-state index contributed by atoms with van der Waals surface area (Å²) in [7, 11) is 0. The molecule has 23 heavy (non-hydrogen) atoms. The Hall–Kier alpha value is -2.45. The van der Waals surface area contributed by atoms with Gasteiger partial charge in [-0.2, -0.15) is 11.3 Å². The molecule has 2 heterocycles. The average molecular weight is 344 g/mol. The number of thioether (sulfide) groups is 1. The second-order valence-corrected chi connectivity index (χ2v) is 6.22. The van der Waals surface area contributed by atoms with Crippen molar-refractivity contribution in [3.8, 4) is 11.4 Å². The lowest BCUT2D eigenvalue weighted by Gasteiger charge is -2.04. The predicted octanol–water partition coefficient (Wildman–Crippen LogP) is 2.78. The van der Waals surface area contributed by atoms with Gasteiger partial charge in [0, 0.05) is 16.6 Å². The van der Waals surface area contributed by atoms with Crippen molar-refractivity contribution in [1.82, 2.24) is 14.8 Å². The van der Waals surface area contributed by atoms with Crippen molar-refractivity contribution < 1.29 is 9.59 Å². The van der Waals surface area contributed by atoms with Gasteiger partial charge in [-0.3, -0.25) is 9.59 Å². The van der Waals surface area contributed by atoms with Gasteiger partial charge >= 0.3 is 0 Å². The van der Waals surface area contributed by atoms with E-state index in [0.29, 0.717) is 17.4 Å². The van der Waals surface area contributed by atoms with E-state index in [0.717, 1.165) is 11.3 Å². The van der Waals surface area contributed by atoms with E-state index >= 15 is 0 Å². The number of carbonyl (C=O) groups is 2. The minimum absolute atomic E-state index is 0.143. The molecule has 1 amide bonds. The van der Waals surface area contributed by atoms with Crippen LogP contribution < -0.4 is 5.32 Å². The van der Waals surface area contributed by atoms with Crippen LogP contribution in [0.3, 0.4) is 0 Å². The van der Waals surface area contributed by atoms with Crippen molar-refractivity contribution >= 4 is 41.1 Å². The number of rotatable bonds is 6. The van der Waals surface area contributed by atoms with Gasteiger partial charge in [0.2, 0.25) is 12.3 Å². The number of nitrogens with zero attached hydrogens (tertiary/aromatic N) is 3. The number of hydrogen-bond donors (Lipinski definition) is 1. The first-order chi connectivity index (χ1) is 11.3. The molecule has 8 heteroatoms. The average Bonchev–Trinajstić information content (AvgIpc) is 3.22. The van der Waals surface area contributed by atoms with E-state index in [4.69, 9.17) is 0 Å². The molecule has 0 saturated carbocycles. The first-order valence-corrected chi connectivity index (χ1v) is 8.61. The summed E-state index contributed by atoms with van der Waals surface area (Å²) in [5.74, 6) is 0.454. The maximum absolute atomic E-state index is 11.9. The number of carbonyl (C=O) groups excluding carboxylic acids is 2. The van der Waals surface area contributed by atoms with Gasteiger partial charge < -0.3 is 5.32 Å². The van der Waals surface area contributed by atoms with Crippen molar-refractivity contribution in [1.29, 1.82) is 0 Å². The van der Waals surface area contributed by atoms with Crippen molar-refractivity contribution in [3.63, 3.8) is 0 Å². The zero-order valence-electron chi connectivity index (χ0n) is 11.9. The molecule has 3 aromatic rings. The van der Waals surface area contributed by atoms with Gasteiger partial charge in [-0.25, -0.2) is 4.57 Å². The molecule has 116 valence electrons. The lowest BCUT2D eigenvalue weighted by atomic mass is 10.3. The highest BCUT2D eigenvalue weighted by Gasteiger charge is 2.15. The molecule has 0 radical (unpaired) electrons. The summed E-state index contributed by atoms with van der Waals surface area (Å²) < 4.78 is 1.35. The molecule has 0 saturated heterocycles. The molecule has 2 aromatic heterocycles. The maximum atomic E-state index is 11.9. The Morgan fingerprint density at radius 2 is 2.09 bits per heavy atom. The third-order valence-corrected chi connectivity index (χ3v) is 4.57. The Morgan fingerprint density at radius 1 is 1.26 bits per heavy atom. The second kappa shape index (κ2) is 7.21. The van der Waals surface area contributed by atoms with Crippen LogP contribution in [-0.2, 0) is 9.59 Å². The molecule has 0 aliphatic rings. The highest BCUT2D eigenvalue weighted by Crippen LogP contribution is 2.24. The van der Waals surface area contributed by atoms with Gasteiger partial charge in [0.15, 0.2) is 11.0 Å². The summed E-state index contributed by atoms with van der Waals surface area (Å²) in [6.07, 6.45) is 0.657. The lowest BCUT2D eigenvalue weighted by Crippen LogP contribution is -2.14. The topological polar surface area (TPSA) is 76.9 Å². The predicted molar refractivity (Wildman–Crippen MR) is 91.3 cm³/mol. The molecule has 0 aliphatic heterocycles. The van der Waals surface area contributed by atoms with Crippen LogP contribution in [0.15, 0.2) is 52.3 Å². The molecular formula is C15H12N4O2S2. The van der Waals surface area contributed by atoms with E-state index in [-0.39, 0.29) is 11.7 Å². The van der Waals surface area contributed by atoms with Crippen LogP contribution in [0.1, 0.15) is 0 Å². The van der Waals surface area contributed by atoms with Crippen LogP contribution in [0.2, 0.25) is 0 Å². The number of hydrogen-bond acceptors (Lipinski definition) is 6. The van der Waals surface area contributed by atoms with E-state index in [1.165, 1.54) is 27.7 Å². The molecule has 6 nitrogen and oxygen atoms in total. The van der Waals surface area contributed by atoms with Crippen LogP contribution in [0.4, 0.5) is 5.69 Å². The molecule has 0 aliphatic carbocycles. The van der Waals surface area contributed by atoms with Crippen molar-refractivity contribution in [2.75, 3.05) is 11.1 Å². The molecule has 0 atom stereocenters. The highest BCUT2D eigenvalue weighted by atomic mass is 32.2. The van der Waals surface area contributed by atoms with Crippen molar-refractivity contribution in [2.24, 2.45) is 0 Å². The monoisotopic (exact) mass is 344 g/mol. The summed E-state index contributed by atoms with van der Waals surface area (Å²) in [5.41, 5.74) is 1.56. The smallest absolute Gasteiger partial charge is 0.234 e. The summed E-state index contributed by atoms with van der Waals surface area (Å²) in [6.45, 7) is 0. The summed E-state index contributed by atoms with van der Waals surface area (Å²) in [5, 5.41) is 15.0. The van der Waals surface area contributed by atoms with Gasteiger partial charge in [0.25, 0.3) is 0 Å². The SMILES string of the molecule is O=Cn1c(SCC(=O)Nc2ccccc2)nnc1-c1ccsc1. The Kier molecular flexibility index (Phi) is 4.84. The molecule has 0 spiro atoms. The number of thiophene rings is 1. The van der Waals surface area contributed by atoms with Crippen LogP contribution in [0, 0.1) is 0 Å². The zero-order chi connectivity index (χ0) is 16.1. The number of aromatic nitrogens is 3.